The van der Waals surface area contributed by atoms with E-state index in [1.54, 1.807) is 12.1 Å². The highest BCUT2D eigenvalue weighted by molar-refractivity contribution is 6.25. The number of hydrogen-bond acceptors (Lipinski definition) is 4. The van der Waals surface area contributed by atoms with Gasteiger partial charge in [-0.1, -0.05) is 19.1 Å². The fourth-order valence-corrected chi connectivity index (χ4v) is 3.25. The Hall–Kier alpha value is -3.28. The Morgan fingerprint density at radius 2 is 2.00 bits per heavy atom. The molecule has 3 aromatic rings. The number of fused-ring (bicyclic) bond motifs is 3. The molecule has 0 aliphatic carbocycles. The summed E-state index contributed by atoms with van der Waals surface area (Å²) in [5.41, 5.74) is 2.63. The number of benzene rings is 2. The monoisotopic (exact) mass is 363 g/mol. The van der Waals surface area contributed by atoms with Gasteiger partial charge in [0.2, 0.25) is 0 Å². The van der Waals surface area contributed by atoms with Gasteiger partial charge in [0.1, 0.15) is 22.9 Å². The first kappa shape index (κ1) is 17.1. The number of carbonyl (C=O) groups excluding carboxylic acids is 1. The molecule has 0 saturated heterocycles. The Morgan fingerprint density at radius 3 is 2.78 bits per heavy atom. The summed E-state index contributed by atoms with van der Waals surface area (Å²) < 4.78 is 7.53. The van der Waals surface area contributed by atoms with Gasteiger partial charge in [-0.25, -0.2) is 4.98 Å². The maximum Gasteiger partial charge on any atom is 0.262 e. The molecule has 1 aliphatic heterocycles. The number of carbonyl (C=O) groups is 1. The van der Waals surface area contributed by atoms with E-state index in [2.05, 4.69) is 10.3 Å². The highest BCUT2D eigenvalue weighted by atomic mass is 16.5. The second-order valence-corrected chi connectivity index (χ2v) is 6.47. The molecule has 1 amide bonds. The summed E-state index contributed by atoms with van der Waals surface area (Å²) in [4.78, 5) is 17.4. The first-order valence-electron chi connectivity index (χ1n) is 9.09. The average Bonchev–Trinajstić information content (AvgIpc) is 3.05. The van der Waals surface area contributed by atoms with Crippen molar-refractivity contribution in [2.45, 2.75) is 26.3 Å². The zero-order valence-corrected chi connectivity index (χ0v) is 15.1. The van der Waals surface area contributed by atoms with Crippen molar-refractivity contribution < 1.29 is 14.6 Å². The zero-order chi connectivity index (χ0) is 18.8. The molecule has 138 valence electrons. The summed E-state index contributed by atoms with van der Waals surface area (Å²) in [7, 11) is 0. The molecule has 6 nitrogen and oxygen atoms in total. The van der Waals surface area contributed by atoms with Crippen LogP contribution in [0.25, 0.3) is 16.6 Å². The number of aliphatic hydroxyl groups excluding tert-OH is 1. The summed E-state index contributed by atoms with van der Waals surface area (Å²) in [6.45, 7) is 3.30. The summed E-state index contributed by atoms with van der Waals surface area (Å²) >= 11 is 0. The third kappa shape index (κ3) is 3.26. The lowest BCUT2D eigenvalue weighted by Gasteiger charge is -2.18. The number of nitrogens with zero attached hydrogens (tertiary/aromatic N) is 2. The first-order chi connectivity index (χ1) is 13.2. The summed E-state index contributed by atoms with van der Waals surface area (Å²) in [5, 5.41) is 13.2. The Labute approximate surface area is 157 Å². The van der Waals surface area contributed by atoms with Crippen LogP contribution in [0.1, 0.15) is 25.6 Å². The molecule has 4 rings (SSSR count). The summed E-state index contributed by atoms with van der Waals surface area (Å²) in [5.74, 6) is 0.959. The third-order valence-corrected chi connectivity index (χ3v) is 4.55. The average molecular weight is 363 g/mol. The molecule has 0 bridgehead atoms. The van der Waals surface area contributed by atoms with Crippen LogP contribution in [0.3, 0.4) is 0 Å². The number of aryl methyl sites for hydroxylation is 1. The number of ether oxygens (including phenoxy) is 1. The van der Waals surface area contributed by atoms with E-state index in [1.807, 2.05) is 47.9 Å². The van der Waals surface area contributed by atoms with E-state index in [-0.39, 0.29) is 17.2 Å². The number of anilines is 1. The van der Waals surface area contributed by atoms with Gasteiger partial charge < -0.3 is 19.7 Å². The van der Waals surface area contributed by atoms with Crippen molar-refractivity contribution >= 4 is 28.2 Å². The van der Waals surface area contributed by atoms with E-state index in [4.69, 9.17) is 4.74 Å². The van der Waals surface area contributed by atoms with E-state index >= 15 is 0 Å². The highest BCUT2D eigenvalue weighted by Gasteiger charge is 2.28. The fraction of sp³-hybridized carbons (Fsp3) is 0.238. The Balaban J connectivity index is 1.60. The van der Waals surface area contributed by atoms with E-state index < -0.39 is 0 Å². The molecule has 1 aromatic heterocycles. The van der Waals surface area contributed by atoms with E-state index in [1.165, 1.54) is 0 Å². The third-order valence-electron chi connectivity index (χ3n) is 4.55. The molecule has 2 aromatic carbocycles. The van der Waals surface area contributed by atoms with Crippen LogP contribution in [0.5, 0.6) is 5.75 Å². The van der Waals surface area contributed by atoms with Crippen molar-refractivity contribution in [3.05, 3.63) is 60.1 Å². The SMILES string of the molecule is CCCOc1ccc(NC(=O)C2=C(O)CCn3c2nc2ccccc23)cc1. The maximum absolute atomic E-state index is 12.9. The van der Waals surface area contributed by atoms with Crippen LogP contribution in [0, 0.1) is 0 Å². The van der Waals surface area contributed by atoms with Crippen molar-refractivity contribution in [2.75, 3.05) is 11.9 Å². The minimum atomic E-state index is -0.369. The van der Waals surface area contributed by atoms with Crippen LogP contribution in [0.15, 0.2) is 54.3 Å². The van der Waals surface area contributed by atoms with Crippen molar-refractivity contribution in [3.8, 4) is 5.75 Å². The predicted octanol–water partition coefficient (Wildman–Crippen LogP) is 4.14. The van der Waals surface area contributed by atoms with Gasteiger partial charge in [0, 0.05) is 18.7 Å². The number of aliphatic hydroxyl groups is 1. The van der Waals surface area contributed by atoms with E-state index in [0.29, 0.717) is 31.1 Å². The quantitative estimate of drug-likeness (QED) is 0.714. The van der Waals surface area contributed by atoms with E-state index in [9.17, 15) is 9.90 Å². The van der Waals surface area contributed by atoms with Gasteiger partial charge in [0.25, 0.3) is 5.91 Å². The van der Waals surface area contributed by atoms with E-state index in [0.717, 1.165) is 23.2 Å². The van der Waals surface area contributed by atoms with Crippen LogP contribution in [-0.2, 0) is 11.3 Å². The summed E-state index contributed by atoms with van der Waals surface area (Å²) in [6, 6.07) is 14.9. The fourth-order valence-electron chi connectivity index (χ4n) is 3.25. The molecule has 27 heavy (non-hydrogen) atoms. The lowest BCUT2D eigenvalue weighted by molar-refractivity contribution is -0.111. The molecule has 0 atom stereocenters. The Bertz CT molecular complexity index is 1020. The number of rotatable bonds is 5. The molecule has 0 saturated carbocycles. The second kappa shape index (κ2) is 7.15. The number of para-hydroxylation sites is 2. The highest BCUT2D eigenvalue weighted by Crippen LogP contribution is 2.30. The van der Waals surface area contributed by atoms with Crippen LogP contribution >= 0.6 is 0 Å². The van der Waals surface area contributed by atoms with Crippen LogP contribution in [-0.4, -0.2) is 27.2 Å². The molecule has 0 spiro atoms. The molecule has 0 fully saturated rings. The van der Waals surface area contributed by atoms with Gasteiger partial charge in [0.15, 0.2) is 0 Å². The van der Waals surface area contributed by atoms with Gasteiger partial charge in [-0.05, 0) is 42.8 Å². The number of imidazole rings is 1. The maximum atomic E-state index is 12.9. The number of allylic oxidation sites excluding steroid dienone is 1. The Morgan fingerprint density at radius 1 is 1.22 bits per heavy atom. The molecule has 1 aliphatic rings. The minimum absolute atomic E-state index is 0.0678. The largest absolute Gasteiger partial charge is 0.511 e. The molecular weight excluding hydrogens is 342 g/mol. The van der Waals surface area contributed by atoms with Crippen LogP contribution < -0.4 is 10.1 Å². The van der Waals surface area contributed by atoms with Gasteiger partial charge in [-0.3, -0.25) is 4.79 Å². The molecule has 0 unspecified atom stereocenters. The van der Waals surface area contributed by atoms with Crippen LogP contribution in [0.2, 0.25) is 0 Å². The lowest BCUT2D eigenvalue weighted by atomic mass is 10.1. The molecule has 2 heterocycles. The first-order valence-corrected chi connectivity index (χ1v) is 9.09. The topological polar surface area (TPSA) is 76.4 Å². The van der Waals surface area contributed by atoms with Gasteiger partial charge in [-0.15, -0.1) is 0 Å². The zero-order valence-electron chi connectivity index (χ0n) is 15.1. The smallest absolute Gasteiger partial charge is 0.262 e. The lowest BCUT2D eigenvalue weighted by Crippen LogP contribution is -2.22. The molecular formula is C21H21N3O3. The second-order valence-electron chi connectivity index (χ2n) is 6.47. The van der Waals surface area contributed by atoms with Crippen molar-refractivity contribution in [2.24, 2.45) is 0 Å². The normalized spacial score (nSPS) is 13.5. The Kier molecular flexibility index (Phi) is 4.54. The molecule has 0 radical (unpaired) electrons. The summed E-state index contributed by atoms with van der Waals surface area (Å²) in [6.07, 6.45) is 1.34. The number of nitrogens with one attached hydrogen (secondary N) is 1. The van der Waals surface area contributed by atoms with Crippen molar-refractivity contribution in [3.63, 3.8) is 0 Å². The van der Waals surface area contributed by atoms with Crippen LogP contribution in [0.4, 0.5) is 5.69 Å². The van der Waals surface area contributed by atoms with Crippen molar-refractivity contribution in [1.29, 1.82) is 0 Å². The number of hydrogen-bond donors (Lipinski definition) is 2. The number of amides is 1. The minimum Gasteiger partial charge on any atom is -0.511 e. The molecule has 6 heteroatoms. The standard InChI is InChI=1S/C21H21N3O3/c1-2-13-27-15-9-7-14(8-10-15)22-21(26)19-18(25)11-12-24-17-6-4-3-5-16(17)23-20(19)24/h3-10,25H,2,11-13H2,1H3,(H,22,26). The molecule has 2 N–H and O–H groups in total. The van der Waals surface area contributed by atoms with Gasteiger partial charge >= 0.3 is 0 Å². The van der Waals surface area contributed by atoms with Gasteiger partial charge in [0.05, 0.1) is 17.6 Å². The van der Waals surface area contributed by atoms with Crippen molar-refractivity contribution in [1.82, 2.24) is 9.55 Å². The van der Waals surface area contributed by atoms with Gasteiger partial charge in [-0.2, -0.15) is 0 Å². The predicted molar refractivity (Wildman–Crippen MR) is 105 cm³/mol. The number of aromatic nitrogens is 2.